The minimum atomic E-state index is -3.81. The zero-order valence-corrected chi connectivity index (χ0v) is 17.5. The van der Waals surface area contributed by atoms with Gasteiger partial charge in [0.1, 0.15) is 0 Å². The molecule has 2 rings (SSSR count). The molecule has 0 bridgehead atoms. The molecule has 0 aromatic heterocycles. The molecule has 0 saturated carbocycles. The lowest BCUT2D eigenvalue weighted by molar-refractivity contribution is 0.466. The fourth-order valence-electron chi connectivity index (χ4n) is 2.15. The van der Waals surface area contributed by atoms with Crippen LogP contribution in [-0.2, 0) is 26.6 Å². The van der Waals surface area contributed by atoms with Gasteiger partial charge in [0.15, 0.2) is 0 Å². The first kappa shape index (κ1) is 21.1. The van der Waals surface area contributed by atoms with Crippen molar-refractivity contribution in [2.45, 2.75) is 16.3 Å². The van der Waals surface area contributed by atoms with E-state index in [2.05, 4.69) is 0 Å². The normalized spacial score (nSPS) is 12.7. The standard InChI is InChI=1S/C16H18Cl2N2O4S2/c1-19(2)25(21,22)14-6-8-15(9-7-14)26(23,24)20(3)11-12-4-5-13(17)10-16(12)18/h4-10H,11H2,1-3H3. The molecule has 0 fully saturated rings. The average molecular weight is 437 g/mol. The van der Waals surface area contributed by atoms with Gasteiger partial charge in [0.25, 0.3) is 0 Å². The van der Waals surface area contributed by atoms with Crippen molar-refractivity contribution in [1.82, 2.24) is 8.61 Å². The van der Waals surface area contributed by atoms with Gasteiger partial charge in [-0.25, -0.2) is 21.1 Å². The summed E-state index contributed by atoms with van der Waals surface area (Å²) in [6.45, 7) is 0.0517. The number of hydrogen-bond acceptors (Lipinski definition) is 4. The van der Waals surface area contributed by atoms with Crippen LogP contribution in [0, 0.1) is 0 Å². The van der Waals surface area contributed by atoms with Crippen LogP contribution in [0.25, 0.3) is 0 Å². The molecule has 0 aliphatic rings. The van der Waals surface area contributed by atoms with Gasteiger partial charge in [-0.15, -0.1) is 0 Å². The van der Waals surface area contributed by atoms with Crippen molar-refractivity contribution in [3.63, 3.8) is 0 Å². The van der Waals surface area contributed by atoms with Crippen molar-refractivity contribution >= 4 is 43.2 Å². The van der Waals surface area contributed by atoms with Gasteiger partial charge in [0.2, 0.25) is 20.0 Å². The van der Waals surface area contributed by atoms with Crippen LogP contribution in [0.1, 0.15) is 5.56 Å². The van der Waals surface area contributed by atoms with E-state index in [4.69, 9.17) is 23.2 Å². The molecule has 0 heterocycles. The predicted octanol–water partition coefficient (Wildman–Crippen LogP) is 3.06. The molecule has 142 valence electrons. The molecule has 0 aliphatic carbocycles. The molecule has 2 aromatic rings. The van der Waals surface area contributed by atoms with E-state index in [0.717, 1.165) is 8.61 Å². The van der Waals surface area contributed by atoms with E-state index in [-0.39, 0.29) is 16.3 Å². The van der Waals surface area contributed by atoms with Gasteiger partial charge in [0, 0.05) is 37.7 Å². The molecule has 0 amide bonds. The Morgan fingerprint density at radius 3 is 1.77 bits per heavy atom. The lowest BCUT2D eigenvalue weighted by Gasteiger charge is -2.18. The molecule has 0 N–H and O–H groups in total. The van der Waals surface area contributed by atoms with Gasteiger partial charge in [-0.3, -0.25) is 0 Å². The fraction of sp³-hybridized carbons (Fsp3) is 0.250. The van der Waals surface area contributed by atoms with Crippen LogP contribution < -0.4 is 0 Å². The molecule has 0 atom stereocenters. The smallest absolute Gasteiger partial charge is 0.207 e. The maximum atomic E-state index is 12.7. The molecule has 6 nitrogen and oxygen atoms in total. The van der Waals surface area contributed by atoms with Crippen molar-refractivity contribution < 1.29 is 16.8 Å². The zero-order valence-electron chi connectivity index (χ0n) is 14.3. The summed E-state index contributed by atoms with van der Waals surface area (Å²) in [6, 6.07) is 9.90. The lowest BCUT2D eigenvalue weighted by atomic mass is 10.2. The molecule has 0 aliphatic heterocycles. The van der Waals surface area contributed by atoms with Crippen molar-refractivity contribution in [2.75, 3.05) is 21.1 Å². The summed E-state index contributed by atoms with van der Waals surface area (Å²) >= 11 is 11.9. The minimum absolute atomic E-state index is 0.0113. The number of benzene rings is 2. The maximum Gasteiger partial charge on any atom is 0.243 e. The summed E-state index contributed by atoms with van der Waals surface area (Å²) in [5.74, 6) is 0. The van der Waals surface area contributed by atoms with E-state index >= 15 is 0 Å². The summed E-state index contributed by atoms with van der Waals surface area (Å²) < 4.78 is 51.8. The number of sulfonamides is 2. The van der Waals surface area contributed by atoms with E-state index in [1.54, 1.807) is 18.2 Å². The van der Waals surface area contributed by atoms with Gasteiger partial charge in [-0.2, -0.15) is 4.31 Å². The lowest BCUT2D eigenvalue weighted by Crippen LogP contribution is -2.27. The van der Waals surface area contributed by atoms with Crippen LogP contribution in [0.3, 0.4) is 0 Å². The number of nitrogens with zero attached hydrogens (tertiary/aromatic N) is 2. The summed E-state index contributed by atoms with van der Waals surface area (Å²) in [5.41, 5.74) is 0.606. The second-order valence-electron chi connectivity index (χ2n) is 5.76. The third kappa shape index (κ3) is 4.39. The first-order chi connectivity index (χ1) is 12.0. The third-order valence-electron chi connectivity index (χ3n) is 3.72. The zero-order chi connectivity index (χ0) is 19.7. The third-order valence-corrected chi connectivity index (χ3v) is 7.95. The fourth-order valence-corrected chi connectivity index (χ4v) is 4.67. The summed E-state index contributed by atoms with van der Waals surface area (Å²) in [6.07, 6.45) is 0. The largest absolute Gasteiger partial charge is 0.243 e. The number of hydrogen-bond donors (Lipinski definition) is 0. The van der Waals surface area contributed by atoms with E-state index in [9.17, 15) is 16.8 Å². The highest BCUT2D eigenvalue weighted by Gasteiger charge is 2.23. The van der Waals surface area contributed by atoms with E-state index < -0.39 is 20.0 Å². The van der Waals surface area contributed by atoms with Crippen LogP contribution in [-0.4, -0.2) is 46.6 Å². The van der Waals surface area contributed by atoms with Crippen LogP contribution in [0.2, 0.25) is 10.0 Å². The minimum Gasteiger partial charge on any atom is -0.207 e. The number of halogens is 2. The van der Waals surface area contributed by atoms with Crippen LogP contribution in [0.15, 0.2) is 52.3 Å². The molecule has 2 aromatic carbocycles. The molecule has 26 heavy (non-hydrogen) atoms. The van der Waals surface area contributed by atoms with Gasteiger partial charge in [-0.1, -0.05) is 29.3 Å². The predicted molar refractivity (Wildman–Crippen MR) is 102 cm³/mol. The van der Waals surface area contributed by atoms with Crippen LogP contribution in [0.5, 0.6) is 0 Å². The van der Waals surface area contributed by atoms with Crippen molar-refractivity contribution in [1.29, 1.82) is 0 Å². The van der Waals surface area contributed by atoms with E-state index in [1.165, 1.54) is 45.4 Å². The molecule has 0 radical (unpaired) electrons. The molecule has 10 heteroatoms. The highest BCUT2D eigenvalue weighted by atomic mass is 35.5. The summed E-state index contributed by atoms with van der Waals surface area (Å²) in [7, 11) is -3.20. The quantitative estimate of drug-likeness (QED) is 0.696. The Morgan fingerprint density at radius 2 is 1.31 bits per heavy atom. The highest BCUT2D eigenvalue weighted by Crippen LogP contribution is 2.25. The Hall–Kier alpha value is -1.16. The molecular weight excluding hydrogens is 419 g/mol. The monoisotopic (exact) mass is 436 g/mol. The van der Waals surface area contributed by atoms with Crippen LogP contribution in [0.4, 0.5) is 0 Å². The Bertz CT molecular complexity index is 1010. The Kier molecular flexibility index (Phi) is 6.37. The average Bonchev–Trinajstić information content (AvgIpc) is 2.57. The van der Waals surface area contributed by atoms with Crippen molar-refractivity contribution in [2.24, 2.45) is 0 Å². The second-order valence-corrected chi connectivity index (χ2v) is 10.8. The maximum absolute atomic E-state index is 12.7. The molecule has 0 spiro atoms. The Labute approximate surface area is 164 Å². The van der Waals surface area contributed by atoms with Crippen molar-refractivity contribution in [3.8, 4) is 0 Å². The summed E-state index contributed by atoms with van der Waals surface area (Å²) in [5, 5.41) is 0.828. The molecular formula is C16H18Cl2N2O4S2. The number of rotatable bonds is 6. The second kappa shape index (κ2) is 7.84. The highest BCUT2D eigenvalue weighted by molar-refractivity contribution is 7.89. The van der Waals surface area contributed by atoms with E-state index in [1.807, 2.05) is 0 Å². The van der Waals surface area contributed by atoms with Gasteiger partial charge in [0.05, 0.1) is 9.79 Å². The van der Waals surface area contributed by atoms with E-state index in [0.29, 0.717) is 15.6 Å². The topological polar surface area (TPSA) is 74.8 Å². The van der Waals surface area contributed by atoms with Gasteiger partial charge < -0.3 is 0 Å². The first-order valence-electron chi connectivity index (χ1n) is 7.39. The van der Waals surface area contributed by atoms with Gasteiger partial charge >= 0.3 is 0 Å². The SMILES string of the molecule is CN(C)S(=O)(=O)c1ccc(S(=O)(=O)N(C)Cc2ccc(Cl)cc2Cl)cc1. The summed E-state index contributed by atoms with van der Waals surface area (Å²) in [4.78, 5) is 0.00707. The van der Waals surface area contributed by atoms with Crippen molar-refractivity contribution in [3.05, 3.63) is 58.1 Å². The molecule has 0 unspecified atom stereocenters. The van der Waals surface area contributed by atoms with Gasteiger partial charge in [-0.05, 0) is 42.0 Å². The van der Waals surface area contributed by atoms with Crippen LogP contribution >= 0.6 is 23.2 Å². The first-order valence-corrected chi connectivity index (χ1v) is 11.0. The molecule has 0 saturated heterocycles. The Morgan fingerprint density at radius 1 is 0.808 bits per heavy atom. The Balaban J connectivity index is 2.29.